The van der Waals surface area contributed by atoms with Crippen LogP contribution in [0.1, 0.15) is 32.1 Å². The van der Waals surface area contributed by atoms with Crippen molar-refractivity contribution in [1.29, 1.82) is 0 Å². The van der Waals surface area contributed by atoms with Crippen LogP contribution in [0.4, 0.5) is 0 Å². The largest absolute Gasteiger partial charge is 0.385 e. The molecule has 4 N–H and O–H groups in total. The zero-order chi connectivity index (χ0) is 12.8. The normalized spacial score (nSPS) is 45.7. The van der Waals surface area contributed by atoms with Gasteiger partial charge in [-0.3, -0.25) is 4.99 Å². The summed E-state index contributed by atoms with van der Waals surface area (Å²) in [7, 11) is 0. The summed E-state index contributed by atoms with van der Waals surface area (Å²) >= 11 is 6.28. The molecule has 3 aliphatic rings. The molecular formula is C13H22ClN3O. The molecule has 0 aromatic rings. The standard InChI is InChI=1S/C13H22ClN3O/c14-9-1-2-11-10(7-9)13(18,12(15)17-11)8-3-5-16-6-4-8/h8-11,16,18H,1-7H2,(H2,15,17). The lowest BCUT2D eigenvalue weighted by Gasteiger charge is -2.43. The number of nitrogens with zero attached hydrogens (tertiary/aromatic N) is 1. The molecule has 18 heavy (non-hydrogen) atoms. The Kier molecular flexibility index (Phi) is 3.28. The molecule has 0 amide bonds. The molecule has 4 nitrogen and oxygen atoms in total. The maximum atomic E-state index is 11.2. The van der Waals surface area contributed by atoms with Crippen LogP contribution in [0.15, 0.2) is 4.99 Å². The maximum Gasteiger partial charge on any atom is 0.129 e. The minimum Gasteiger partial charge on any atom is -0.385 e. The highest BCUT2D eigenvalue weighted by Gasteiger charge is 2.55. The number of hydrogen-bond donors (Lipinski definition) is 3. The Morgan fingerprint density at radius 3 is 2.72 bits per heavy atom. The highest BCUT2D eigenvalue weighted by atomic mass is 35.5. The molecule has 2 heterocycles. The molecule has 0 aromatic carbocycles. The predicted octanol–water partition coefficient (Wildman–Crippen LogP) is 0.864. The second kappa shape index (κ2) is 4.66. The number of rotatable bonds is 1. The van der Waals surface area contributed by atoms with E-state index in [1.54, 1.807) is 0 Å². The van der Waals surface area contributed by atoms with Gasteiger partial charge in [0.1, 0.15) is 11.4 Å². The van der Waals surface area contributed by atoms with Crippen LogP contribution >= 0.6 is 11.6 Å². The van der Waals surface area contributed by atoms with Gasteiger partial charge in [-0.25, -0.2) is 0 Å². The number of halogens is 1. The number of aliphatic hydroxyl groups is 1. The highest BCUT2D eigenvalue weighted by Crippen LogP contribution is 2.46. The average molecular weight is 272 g/mol. The Balaban J connectivity index is 1.86. The minimum absolute atomic E-state index is 0.136. The van der Waals surface area contributed by atoms with Crippen molar-refractivity contribution in [2.45, 2.75) is 49.1 Å². The number of hydrogen-bond acceptors (Lipinski definition) is 4. The third-order valence-electron chi connectivity index (χ3n) is 4.99. The van der Waals surface area contributed by atoms with Crippen molar-refractivity contribution in [1.82, 2.24) is 5.32 Å². The Morgan fingerprint density at radius 1 is 1.28 bits per heavy atom. The van der Waals surface area contributed by atoms with Crippen molar-refractivity contribution in [2.75, 3.05) is 13.1 Å². The van der Waals surface area contributed by atoms with Crippen molar-refractivity contribution in [2.24, 2.45) is 22.6 Å². The number of nitrogens with two attached hydrogens (primary N) is 1. The van der Waals surface area contributed by atoms with E-state index in [0.717, 1.165) is 45.2 Å². The lowest BCUT2D eigenvalue weighted by atomic mass is 9.67. The molecule has 4 unspecified atom stereocenters. The second-order valence-corrected chi connectivity index (χ2v) is 6.57. The van der Waals surface area contributed by atoms with Gasteiger partial charge in [0.15, 0.2) is 0 Å². The predicted molar refractivity (Wildman–Crippen MR) is 72.9 cm³/mol. The zero-order valence-electron chi connectivity index (χ0n) is 10.6. The van der Waals surface area contributed by atoms with Gasteiger partial charge in [0.05, 0.1) is 6.04 Å². The van der Waals surface area contributed by atoms with Gasteiger partial charge in [-0.05, 0) is 51.1 Å². The molecule has 0 bridgehead atoms. The molecule has 2 fully saturated rings. The number of amidine groups is 1. The fraction of sp³-hybridized carbons (Fsp3) is 0.923. The van der Waals surface area contributed by atoms with E-state index in [0.29, 0.717) is 5.84 Å². The van der Waals surface area contributed by atoms with Gasteiger partial charge < -0.3 is 16.2 Å². The van der Waals surface area contributed by atoms with Gasteiger partial charge in [0.25, 0.3) is 0 Å². The summed E-state index contributed by atoms with van der Waals surface area (Å²) in [6.45, 7) is 1.92. The number of alkyl halides is 1. The second-order valence-electron chi connectivity index (χ2n) is 5.95. The average Bonchev–Trinajstić information content (AvgIpc) is 2.64. The van der Waals surface area contributed by atoms with Gasteiger partial charge in [-0.2, -0.15) is 0 Å². The Bertz CT molecular complexity index is 356. The third-order valence-corrected chi connectivity index (χ3v) is 5.39. The van der Waals surface area contributed by atoms with E-state index in [1.165, 1.54) is 0 Å². The van der Waals surface area contributed by atoms with Crippen LogP contribution in [0, 0.1) is 11.8 Å². The van der Waals surface area contributed by atoms with Gasteiger partial charge in [0.2, 0.25) is 0 Å². The van der Waals surface area contributed by atoms with E-state index >= 15 is 0 Å². The Hall–Kier alpha value is -0.320. The first kappa shape index (κ1) is 12.7. The van der Waals surface area contributed by atoms with E-state index < -0.39 is 5.60 Å². The SMILES string of the molecule is NC1=NC2CCC(Cl)CC2C1(O)C1CCNCC1. The summed E-state index contributed by atoms with van der Waals surface area (Å²) in [6, 6.07) is 0.194. The topological polar surface area (TPSA) is 70.6 Å². The molecule has 1 saturated carbocycles. The molecular weight excluding hydrogens is 250 g/mol. The van der Waals surface area contributed by atoms with Crippen molar-refractivity contribution in [3.8, 4) is 0 Å². The van der Waals surface area contributed by atoms with E-state index in [2.05, 4.69) is 10.3 Å². The summed E-state index contributed by atoms with van der Waals surface area (Å²) in [4.78, 5) is 4.54. The van der Waals surface area contributed by atoms with Crippen LogP contribution in [-0.2, 0) is 0 Å². The summed E-state index contributed by atoms with van der Waals surface area (Å²) < 4.78 is 0. The lowest BCUT2D eigenvalue weighted by Crippen LogP contribution is -2.57. The summed E-state index contributed by atoms with van der Waals surface area (Å²) in [5.74, 6) is 0.839. The zero-order valence-corrected chi connectivity index (χ0v) is 11.4. The van der Waals surface area contributed by atoms with Crippen LogP contribution in [0.2, 0.25) is 0 Å². The van der Waals surface area contributed by atoms with Crippen LogP contribution in [-0.4, -0.2) is 41.1 Å². The first-order valence-electron chi connectivity index (χ1n) is 7.03. The number of piperidine rings is 1. The van der Waals surface area contributed by atoms with Crippen LogP contribution in [0.5, 0.6) is 0 Å². The maximum absolute atomic E-state index is 11.2. The molecule has 1 aliphatic carbocycles. The van der Waals surface area contributed by atoms with E-state index in [9.17, 15) is 5.11 Å². The van der Waals surface area contributed by atoms with Crippen LogP contribution in [0.3, 0.4) is 0 Å². The van der Waals surface area contributed by atoms with Crippen molar-refractivity contribution < 1.29 is 5.11 Å². The molecule has 0 aromatic heterocycles. The summed E-state index contributed by atoms with van der Waals surface area (Å²) in [6.07, 6.45) is 4.75. The highest BCUT2D eigenvalue weighted by molar-refractivity contribution is 6.20. The van der Waals surface area contributed by atoms with Crippen molar-refractivity contribution >= 4 is 17.4 Å². The Labute approximate surface area is 113 Å². The molecule has 0 spiro atoms. The van der Waals surface area contributed by atoms with Gasteiger partial charge in [0, 0.05) is 11.3 Å². The van der Waals surface area contributed by atoms with E-state index in [4.69, 9.17) is 17.3 Å². The minimum atomic E-state index is -0.902. The molecule has 3 rings (SSSR count). The number of nitrogens with one attached hydrogen (secondary N) is 1. The van der Waals surface area contributed by atoms with Crippen molar-refractivity contribution in [3.63, 3.8) is 0 Å². The molecule has 4 atom stereocenters. The fourth-order valence-corrected chi connectivity index (χ4v) is 4.29. The first-order chi connectivity index (χ1) is 8.62. The monoisotopic (exact) mass is 271 g/mol. The summed E-state index contributed by atoms with van der Waals surface area (Å²) in [5, 5.41) is 14.7. The molecule has 1 saturated heterocycles. The van der Waals surface area contributed by atoms with E-state index in [1.807, 2.05) is 0 Å². The fourth-order valence-electron chi connectivity index (χ4n) is 3.98. The van der Waals surface area contributed by atoms with Gasteiger partial charge in [-0.15, -0.1) is 11.6 Å². The van der Waals surface area contributed by atoms with Gasteiger partial charge >= 0.3 is 0 Å². The molecule has 5 heteroatoms. The number of aliphatic imine (C=N–C) groups is 1. The molecule has 2 aliphatic heterocycles. The molecule has 102 valence electrons. The smallest absolute Gasteiger partial charge is 0.129 e. The first-order valence-corrected chi connectivity index (χ1v) is 7.47. The van der Waals surface area contributed by atoms with E-state index in [-0.39, 0.29) is 23.3 Å². The third kappa shape index (κ3) is 1.86. The quantitative estimate of drug-likeness (QED) is 0.620. The van der Waals surface area contributed by atoms with Crippen molar-refractivity contribution in [3.05, 3.63) is 0 Å². The number of fused-ring (bicyclic) bond motifs is 1. The van der Waals surface area contributed by atoms with Crippen LogP contribution < -0.4 is 11.1 Å². The molecule has 0 radical (unpaired) electrons. The lowest BCUT2D eigenvalue weighted by molar-refractivity contribution is -0.0265. The van der Waals surface area contributed by atoms with Gasteiger partial charge in [-0.1, -0.05) is 0 Å². The Morgan fingerprint density at radius 2 is 2.00 bits per heavy atom. The summed E-state index contributed by atoms with van der Waals surface area (Å²) in [5.41, 5.74) is 5.18. The van der Waals surface area contributed by atoms with Crippen LogP contribution in [0.25, 0.3) is 0 Å².